The van der Waals surface area contributed by atoms with Gasteiger partial charge in [-0.15, -0.1) is 0 Å². The van der Waals surface area contributed by atoms with Crippen LogP contribution in [0.4, 0.5) is 4.39 Å². The van der Waals surface area contributed by atoms with Gasteiger partial charge in [-0.25, -0.2) is 4.39 Å². The molecule has 0 fully saturated rings. The van der Waals surface area contributed by atoms with E-state index in [2.05, 4.69) is 0 Å². The highest BCUT2D eigenvalue weighted by molar-refractivity contribution is 7.99. The summed E-state index contributed by atoms with van der Waals surface area (Å²) in [6, 6.07) is 11.0. The third-order valence-corrected chi connectivity index (χ3v) is 4.15. The molecule has 2 aromatic rings. The molecule has 0 spiro atoms. The van der Waals surface area contributed by atoms with Crippen molar-refractivity contribution in [3.8, 4) is 5.75 Å². The molecule has 0 aromatic heterocycles. The van der Waals surface area contributed by atoms with Gasteiger partial charge < -0.3 is 10.5 Å². The smallest absolute Gasteiger partial charge is 0.126 e. The topological polar surface area (TPSA) is 35.2 Å². The average molecular weight is 291 g/mol. The molecule has 4 heteroatoms. The molecule has 2 rings (SSSR count). The van der Waals surface area contributed by atoms with Crippen LogP contribution in [0.3, 0.4) is 0 Å². The molecule has 0 bridgehead atoms. The molecule has 0 saturated carbocycles. The first-order valence-electron chi connectivity index (χ1n) is 6.39. The zero-order chi connectivity index (χ0) is 14.7. The summed E-state index contributed by atoms with van der Waals surface area (Å²) in [5, 5.41) is 0. The third kappa shape index (κ3) is 3.32. The largest absolute Gasteiger partial charge is 0.497 e. The van der Waals surface area contributed by atoms with Crippen LogP contribution in [-0.2, 0) is 0 Å². The number of nitrogens with two attached hydrogens (primary N) is 1. The summed E-state index contributed by atoms with van der Waals surface area (Å²) < 4.78 is 18.8. The molecule has 0 amide bonds. The molecule has 2 aromatic carbocycles. The highest BCUT2D eigenvalue weighted by Gasteiger charge is 2.12. The number of aryl methyl sites for hydroxylation is 1. The van der Waals surface area contributed by atoms with Crippen LogP contribution < -0.4 is 10.5 Å². The monoisotopic (exact) mass is 291 g/mol. The Morgan fingerprint density at radius 3 is 2.40 bits per heavy atom. The molecule has 0 aliphatic heterocycles. The predicted octanol–water partition coefficient (Wildman–Crippen LogP) is 4.31. The van der Waals surface area contributed by atoms with Gasteiger partial charge in [-0.1, -0.05) is 11.8 Å². The molecule has 0 unspecified atom stereocenters. The zero-order valence-corrected chi connectivity index (χ0v) is 12.6. The van der Waals surface area contributed by atoms with Gasteiger partial charge in [0.25, 0.3) is 0 Å². The van der Waals surface area contributed by atoms with Gasteiger partial charge in [0.1, 0.15) is 11.6 Å². The van der Waals surface area contributed by atoms with Crippen LogP contribution >= 0.6 is 11.8 Å². The first-order chi connectivity index (χ1) is 9.51. The maximum atomic E-state index is 13.7. The van der Waals surface area contributed by atoms with Crippen molar-refractivity contribution in [3.05, 3.63) is 53.3 Å². The van der Waals surface area contributed by atoms with E-state index >= 15 is 0 Å². The quantitative estimate of drug-likeness (QED) is 0.911. The Bertz CT molecular complexity index is 596. The lowest BCUT2D eigenvalue weighted by Gasteiger charge is -2.14. The molecule has 2 N–H and O–H groups in total. The molecule has 0 radical (unpaired) electrons. The second-order valence-electron chi connectivity index (χ2n) is 4.71. The lowest BCUT2D eigenvalue weighted by molar-refractivity contribution is 0.414. The van der Waals surface area contributed by atoms with E-state index in [1.165, 1.54) is 6.07 Å². The molecular formula is C16H18FNOS. The van der Waals surface area contributed by atoms with Crippen LogP contribution in [0.15, 0.2) is 46.2 Å². The molecule has 106 valence electrons. The number of hydrogen-bond donors (Lipinski definition) is 1. The summed E-state index contributed by atoms with van der Waals surface area (Å²) >= 11 is 1.58. The fraction of sp³-hybridized carbons (Fsp3) is 0.250. The Morgan fingerprint density at radius 1 is 1.20 bits per heavy atom. The Hall–Kier alpha value is -1.52. The first kappa shape index (κ1) is 14.9. The second-order valence-corrected chi connectivity index (χ2v) is 5.82. The van der Waals surface area contributed by atoms with Crippen molar-refractivity contribution in [2.75, 3.05) is 7.11 Å². The Balaban J connectivity index is 2.33. The van der Waals surface area contributed by atoms with Gasteiger partial charge in [-0.05, 0) is 61.4 Å². The summed E-state index contributed by atoms with van der Waals surface area (Å²) in [6.07, 6.45) is 0. The Kier molecular flexibility index (Phi) is 4.68. The third-order valence-electron chi connectivity index (χ3n) is 3.07. The van der Waals surface area contributed by atoms with Crippen molar-refractivity contribution in [3.63, 3.8) is 0 Å². The summed E-state index contributed by atoms with van der Waals surface area (Å²) in [7, 11) is 1.64. The average Bonchev–Trinajstić information content (AvgIpc) is 2.43. The summed E-state index contributed by atoms with van der Waals surface area (Å²) in [4.78, 5) is 2.06. The van der Waals surface area contributed by atoms with Gasteiger partial charge in [0.2, 0.25) is 0 Å². The van der Waals surface area contributed by atoms with E-state index in [1.807, 2.05) is 37.3 Å². The molecule has 0 aliphatic rings. The number of halogens is 1. The van der Waals surface area contributed by atoms with E-state index in [0.717, 1.165) is 21.1 Å². The van der Waals surface area contributed by atoms with Crippen molar-refractivity contribution in [2.45, 2.75) is 29.7 Å². The second kappa shape index (κ2) is 6.29. The summed E-state index contributed by atoms with van der Waals surface area (Å²) in [6.45, 7) is 3.63. The minimum absolute atomic E-state index is 0.203. The van der Waals surface area contributed by atoms with Gasteiger partial charge in [0.15, 0.2) is 0 Å². The molecule has 1 atom stereocenters. The number of rotatable bonds is 4. The fourth-order valence-electron chi connectivity index (χ4n) is 1.89. The van der Waals surface area contributed by atoms with E-state index in [4.69, 9.17) is 10.5 Å². The molecule has 0 saturated heterocycles. The lowest BCUT2D eigenvalue weighted by Crippen LogP contribution is -2.07. The van der Waals surface area contributed by atoms with Gasteiger partial charge in [0, 0.05) is 15.8 Å². The standard InChI is InChI=1S/C16H18FNOS/c1-10-8-16(14(11(2)18)9-15(10)17)20-13-6-4-12(19-3)5-7-13/h4-9,11H,18H2,1-3H3/t11-/m1/s1. The van der Waals surface area contributed by atoms with Crippen molar-refractivity contribution < 1.29 is 9.13 Å². The first-order valence-corrected chi connectivity index (χ1v) is 7.20. The van der Waals surface area contributed by atoms with E-state index < -0.39 is 0 Å². The highest BCUT2D eigenvalue weighted by Crippen LogP contribution is 2.35. The number of benzene rings is 2. The van der Waals surface area contributed by atoms with Crippen molar-refractivity contribution in [1.82, 2.24) is 0 Å². The van der Waals surface area contributed by atoms with Crippen LogP contribution in [0, 0.1) is 12.7 Å². The van der Waals surface area contributed by atoms with E-state index in [-0.39, 0.29) is 11.9 Å². The maximum absolute atomic E-state index is 13.7. The number of hydrogen-bond acceptors (Lipinski definition) is 3. The van der Waals surface area contributed by atoms with Crippen LogP contribution in [-0.4, -0.2) is 7.11 Å². The van der Waals surface area contributed by atoms with Crippen molar-refractivity contribution in [2.24, 2.45) is 5.73 Å². The number of methoxy groups -OCH3 is 1. The minimum Gasteiger partial charge on any atom is -0.497 e. The molecule has 20 heavy (non-hydrogen) atoms. The van der Waals surface area contributed by atoms with Crippen LogP contribution in [0.25, 0.3) is 0 Å². The molecule has 2 nitrogen and oxygen atoms in total. The zero-order valence-electron chi connectivity index (χ0n) is 11.8. The molecule has 0 aliphatic carbocycles. The fourth-order valence-corrected chi connectivity index (χ4v) is 3.01. The van der Waals surface area contributed by atoms with Crippen LogP contribution in [0.5, 0.6) is 5.75 Å². The lowest BCUT2D eigenvalue weighted by atomic mass is 10.1. The normalized spacial score (nSPS) is 12.2. The summed E-state index contributed by atoms with van der Waals surface area (Å²) in [5.41, 5.74) is 7.39. The number of ether oxygens (including phenoxy) is 1. The van der Waals surface area contributed by atoms with Crippen molar-refractivity contribution in [1.29, 1.82) is 0 Å². The van der Waals surface area contributed by atoms with Gasteiger partial charge in [-0.2, -0.15) is 0 Å². The SMILES string of the molecule is COc1ccc(Sc2cc(C)c(F)cc2[C@@H](C)N)cc1. The van der Waals surface area contributed by atoms with E-state index in [1.54, 1.807) is 25.8 Å². The minimum atomic E-state index is -0.212. The summed E-state index contributed by atoms with van der Waals surface area (Å²) in [5.74, 6) is 0.605. The maximum Gasteiger partial charge on any atom is 0.126 e. The Morgan fingerprint density at radius 2 is 1.85 bits per heavy atom. The molecule has 0 heterocycles. The van der Waals surface area contributed by atoms with Gasteiger partial charge >= 0.3 is 0 Å². The van der Waals surface area contributed by atoms with Crippen molar-refractivity contribution >= 4 is 11.8 Å². The van der Waals surface area contributed by atoms with Gasteiger partial charge in [-0.3, -0.25) is 0 Å². The molecular weight excluding hydrogens is 273 g/mol. The highest BCUT2D eigenvalue weighted by atomic mass is 32.2. The van der Waals surface area contributed by atoms with E-state index in [9.17, 15) is 4.39 Å². The van der Waals surface area contributed by atoms with Crippen LogP contribution in [0.2, 0.25) is 0 Å². The van der Waals surface area contributed by atoms with Crippen LogP contribution in [0.1, 0.15) is 24.1 Å². The Labute approximate surface area is 123 Å². The van der Waals surface area contributed by atoms with E-state index in [0.29, 0.717) is 5.56 Å². The van der Waals surface area contributed by atoms with Gasteiger partial charge in [0.05, 0.1) is 7.11 Å². The predicted molar refractivity (Wildman–Crippen MR) is 80.9 cm³/mol.